The first kappa shape index (κ1) is 18.7. The minimum atomic E-state index is -3.75. The Labute approximate surface area is 144 Å². The van der Waals surface area contributed by atoms with Gasteiger partial charge in [0.2, 0.25) is 15.9 Å². The van der Waals surface area contributed by atoms with E-state index < -0.39 is 10.0 Å². The Morgan fingerprint density at radius 1 is 1.33 bits per heavy atom. The van der Waals surface area contributed by atoms with Crippen LogP contribution in [-0.2, 0) is 14.8 Å². The maximum atomic E-state index is 12.6. The van der Waals surface area contributed by atoms with Crippen molar-refractivity contribution in [3.05, 3.63) is 41.5 Å². The van der Waals surface area contributed by atoms with Gasteiger partial charge in [0.15, 0.2) is 0 Å². The number of primary sulfonamides is 1. The van der Waals surface area contributed by atoms with E-state index in [1.807, 2.05) is 20.8 Å². The molecule has 1 amide bonds. The zero-order valence-corrected chi connectivity index (χ0v) is 15.6. The van der Waals surface area contributed by atoms with Gasteiger partial charge in [-0.2, -0.15) is 0 Å². The fourth-order valence-electron chi connectivity index (χ4n) is 3.20. The second-order valence-electron chi connectivity index (χ2n) is 7.42. The first-order valence-electron chi connectivity index (χ1n) is 8.02. The lowest BCUT2D eigenvalue weighted by Gasteiger charge is -2.15. The Hall–Kier alpha value is -1.66. The largest absolute Gasteiger partial charge is 0.349 e. The molecule has 24 heavy (non-hydrogen) atoms. The lowest BCUT2D eigenvalue weighted by molar-refractivity contribution is -0.123. The molecule has 3 N–H and O–H groups in total. The number of nitrogens with one attached hydrogen (secondary N) is 1. The lowest BCUT2D eigenvalue weighted by Crippen LogP contribution is -2.29. The van der Waals surface area contributed by atoms with Crippen LogP contribution in [0, 0.1) is 17.3 Å². The van der Waals surface area contributed by atoms with Gasteiger partial charge in [-0.15, -0.1) is 0 Å². The van der Waals surface area contributed by atoms with Crippen LogP contribution in [-0.4, -0.2) is 14.3 Å². The number of rotatable bonds is 5. The number of sulfonamides is 1. The molecule has 1 aromatic rings. The summed E-state index contributed by atoms with van der Waals surface area (Å²) in [4.78, 5) is 12.6. The minimum absolute atomic E-state index is 0.00370. The molecular weight excluding hydrogens is 324 g/mol. The second kappa shape index (κ2) is 6.33. The van der Waals surface area contributed by atoms with Crippen LogP contribution in [0.2, 0.25) is 0 Å². The van der Waals surface area contributed by atoms with Crippen LogP contribution in [0.1, 0.15) is 46.2 Å². The van der Waals surface area contributed by atoms with E-state index in [9.17, 15) is 13.2 Å². The lowest BCUT2D eigenvalue weighted by atomic mass is 10.1. The third-order valence-corrected chi connectivity index (χ3v) is 5.66. The Morgan fingerprint density at radius 2 is 1.96 bits per heavy atom. The molecule has 0 aliphatic heterocycles. The number of amides is 1. The number of hydrogen-bond acceptors (Lipinski definition) is 3. The normalized spacial score (nSPS) is 23.2. The molecule has 132 valence electrons. The van der Waals surface area contributed by atoms with E-state index in [2.05, 4.69) is 25.2 Å². The van der Waals surface area contributed by atoms with Crippen molar-refractivity contribution in [3.63, 3.8) is 0 Å². The second-order valence-corrected chi connectivity index (χ2v) is 8.98. The van der Waals surface area contributed by atoms with E-state index in [-0.39, 0.29) is 34.1 Å². The molecule has 1 aliphatic rings. The first-order valence-corrected chi connectivity index (χ1v) is 9.57. The Bertz CT molecular complexity index is 777. The predicted octanol–water partition coefficient (Wildman–Crippen LogP) is 2.75. The molecule has 5 nitrogen and oxygen atoms in total. The maximum absolute atomic E-state index is 12.6. The summed E-state index contributed by atoms with van der Waals surface area (Å²) >= 11 is 0. The number of nitrogens with two attached hydrogens (primary N) is 1. The van der Waals surface area contributed by atoms with Crippen molar-refractivity contribution in [2.45, 2.75) is 45.6 Å². The third-order valence-electron chi connectivity index (χ3n) is 4.75. The fraction of sp³-hybridized carbons (Fsp3) is 0.500. The van der Waals surface area contributed by atoms with Crippen molar-refractivity contribution < 1.29 is 13.2 Å². The summed E-state index contributed by atoms with van der Waals surface area (Å²) in [6.45, 7) is 10.1. The van der Waals surface area contributed by atoms with Crippen molar-refractivity contribution in [2.75, 3.05) is 0 Å². The molecule has 0 saturated heterocycles. The van der Waals surface area contributed by atoms with Crippen LogP contribution in [0.3, 0.4) is 0 Å². The number of allylic oxidation sites excluding steroid dienone is 2. The zero-order valence-electron chi connectivity index (χ0n) is 14.8. The van der Waals surface area contributed by atoms with Gasteiger partial charge >= 0.3 is 0 Å². The molecule has 1 saturated carbocycles. The average Bonchev–Trinajstić information content (AvgIpc) is 2.98. The first-order chi connectivity index (χ1) is 10.9. The Kier molecular flexibility index (Phi) is 4.93. The molecule has 3 atom stereocenters. The number of hydrogen-bond donors (Lipinski definition) is 2. The van der Waals surface area contributed by atoms with Gasteiger partial charge in [-0.25, -0.2) is 13.6 Å². The average molecular weight is 350 g/mol. The van der Waals surface area contributed by atoms with Crippen molar-refractivity contribution in [1.82, 2.24) is 5.32 Å². The molecule has 0 spiro atoms. The molecular formula is C18H26N2O3S. The van der Waals surface area contributed by atoms with Crippen molar-refractivity contribution in [2.24, 2.45) is 22.4 Å². The van der Waals surface area contributed by atoms with Gasteiger partial charge in [0.25, 0.3) is 0 Å². The van der Waals surface area contributed by atoms with Gasteiger partial charge in [0, 0.05) is 0 Å². The quantitative estimate of drug-likeness (QED) is 0.800. The standard InChI is InChI=1S/C18H26N2O3S/c1-11(2)9-15-16(18(15,4)5)17(21)20-12(3)13-7-6-8-14(10-13)24(19,22)23/h6-10,12,15-16H,1-5H3,(H,20,21)(H2,19,22,23)/t12-,15-,16-/m1/s1. The topological polar surface area (TPSA) is 89.3 Å². The minimum Gasteiger partial charge on any atom is -0.349 e. The molecule has 0 unspecified atom stereocenters. The molecule has 1 fully saturated rings. The molecule has 1 aromatic carbocycles. The van der Waals surface area contributed by atoms with Gasteiger partial charge in [-0.3, -0.25) is 4.79 Å². The summed E-state index contributed by atoms with van der Waals surface area (Å²) in [6.07, 6.45) is 2.15. The van der Waals surface area contributed by atoms with E-state index in [1.54, 1.807) is 12.1 Å². The van der Waals surface area contributed by atoms with E-state index in [0.29, 0.717) is 5.56 Å². The third kappa shape index (κ3) is 3.87. The zero-order chi connectivity index (χ0) is 18.3. The van der Waals surface area contributed by atoms with Crippen molar-refractivity contribution >= 4 is 15.9 Å². The summed E-state index contributed by atoms with van der Waals surface area (Å²) in [5, 5.41) is 8.16. The van der Waals surface area contributed by atoms with Crippen LogP contribution >= 0.6 is 0 Å². The monoisotopic (exact) mass is 350 g/mol. The summed E-state index contributed by atoms with van der Waals surface area (Å²) in [7, 11) is -3.75. The van der Waals surface area contributed by atoms with Gasteiger partial charge in [0.05, 0.1) is 16.9 Å². The highest BCUT2D eigenvalue weighted by atomic mass is 32.2. The Morgan fingerprint density at radius 3 is 2.50 bits per heavy atom. The highest BCUT2D eigenvalue weighted by Gasteiger charge is 2.60. The van der Waals surface area contributed by atoms with Crippen LogP contribution in [0.15, 0.2) is 40.8 Å². The van der Waals surface area contributed by atoms with Crippen molar-refractivity contribution in [3.8, 4) is 0 Å². The van der Waals surface area contributed by atoms with Gasteiger partial charge < -0.3 is 5.32 Å². The van der Waals surface area contributed by atoms with Crippen LogP contribution in [0.5, 0.6) is 0 Å². The van der Waals surface area contributed by atoms with E-state index in [0.717, 1.165) is 0 Å². The van der Waals surface area contributed by atoms with E-state index in [1.165, 1.54) is 17.7 Å². The van der Waals surface area contributed by atoms with Gasteiger partial charge in [-0.05, 0) is 49.8 Å². The summed E-state index contributed by atoms with van der Waals surface area (Å²) in [6, 6.07) is 6.08. The fourth-order valence-corrected chi connectivity index (χ4v) is 3.76. The van der Waals surface area contributed by atoms with Crippen LogP contribution in [0.25, 0.3) is 0 Å². The summed E-state index contributed by atoms with van der Waals surface area (Å²) in [5.74, 6) is 0.178. The van der Waals surface area contributed by atoms with Crippen LogP contribution < -0.4 is 10.5 Å². The van der Waals surface area contributed by atoms with Crippen molar-refractivity contribution in [1.29, 1.82) is 0 Å². The summed E-state index contributed by atoms with van der Waals surface area (Å²) in [5.41, 5.74) is 1.87. The molecule has 0 aromatic heterocycles. The van der Waals surface area contributed by atoms with Crippen LogP contribution in [0.4, 0.5) is 0 Å². The van der Waals surface area contributed by atoms with E-state index in [4.69, 9.17) is 5.14 Å². The SMILES string of the molecule is CC(C)=C[C@@H]1[C@H](C(=O)N[C@H](C)c2cccc(S(N)(=O)=O)c2)C1(C)C. The smallest absolute Gasteiger partial charge is 0.238 e. The van der Waals surface area contributed by atoms with Gasteiger partial charge in [0.1, 0.15) is 0 Å². The number of carbonyl (C=O) groups is 1. The maximum Gasteiger partial charge on any atom is 0.238 e. The summed E-state index contributed by atoms with van der Waals surface area (Å²) < 4.78 is 22.9. The molecule has 0 radical (unpaired) electrons. The molecule has 2 rings (SSSR count). The number of carbonyl (C=O) groups excluding carboxylic acids is 1. The predicted molar refractivity (Wildman–Crippen MR) is 94.6 cm³/mol. The molecule has 6 heteroatoms. The molecule has 1 aliphatic carbocycles. The Balaban J connectivity index is 2.12. The molecule has 0 heterocycles. The molecule has 0 bridgehead atoms. The van der Waals surface area contributed by atoms with E-state index >= 15 is 0 Å². The highest BCUT2D eigenvalue weighted by molar-refractivity contribution is 7.89. The van der Waals surface area contributed by atoms with Gasteiger partial charge in [-0.1, -0.05) is 37.6 Å². The number of benzene rings is 1. The highest BCUT2D eigenvalue weighted by Crippen LogP contribution is 2.59.